The van der Waals surface area contributed by atoms with Crippen molar-refractivity contribution in [1.82, 2.24) is 0 Å². The Morgan fingerprint density at radius 2 is 2.21 bits per heavy atom. The van der Waals surface area contributed by atoms with E-state index in [1.807, 2.05) is 0 Å². The number of carbonyl (C=O) groups is 2. The van der Waals surface area contributed by atoms with Crippen LogP contribution < -0.4 is 0 Å². The molecule has 1 rings (SSSR count). The van der Waals surface area contributed by atoms with Gasteiger partial charge in [-0.15, -0.1) is 0 Å². The van der Waals surface area contributed by atoms with Gasteiger partial charge in [0.05, 0.1) is 12.2 Å². The summed E-state index contributed by atoms with van der Waals surface area (Å²) in [7, 11) is 0. The zero-order chi connectivity index (χ0) is 10.6. The van der Waals surface area contributed by atoms with Crippen molar-refractivity contribution in [2.24, 2.45) is 0 Å². The molecule has 0 radical (unpaired) electrons. The second kappa shape index (κ2) is 4.56. The number of benzene rings is 1. The zero-order valence-electron chi connectivity index (χ0n) is 8.24. The van der Waals surface area contributed by atoms with Gasteiger partial charge in [-0.05, 0) is 31.5 Å². The average Bonchev–Trinajstić information content (AvgIpc) is 2.18. The van der Waals surface area contributed by atoms with E-state index < -0.39 is 0 Å². The molecule has 0 heterocycles. The molecule has 0 amide bonds. The van der Waals surface area contributed by atoms with Crippen molar-refractivity contribution < 1.29 is 14.3 Å². The Labute approximate surface area is 82.7 Å². The molecule has 3 nitrogen and oxygen atoms in total. The Kier molecular flexibility index (Phi) is 3.40. The first-order valence-electron chi connectivity index (χ1n) is 4.42. The van der Waals surface area contributed by atoms with Crippen molar-refractivity contribution in [3.05, 3.63) is 34.9 Å². The number of carbonyl (C=O) groups excluding carboxylic acids is 2. The largest absolute Gasteiger partial charge is 0.462 e. The van der Waals surface area contributed by atoms with Crippen molar-refractivity contribution in [2.45, 2.75) is 13.8 Å². The summed E-state index contributed by atoms with van der Waals surface area (Å²) >= 11 is 0. The van der Waals surface area contributed by atoms with Crippen molar-refractivity contribution >= 4 is 12.3 Å². The fourth-order valence-corrected chi connectivity index (χ4v) is 1.15. The molecule has 0 aliphatic carbocycles. The number of aryl methyl sites for hydroxylation is 1. The lowest BCUT2D eigenvalue weighted by atomic mass is 10.1. The van der Waals surface area contributed by atoms with E-state index in [0.29, 0.717) is 17.7 Å². The Morgan fingerprint density at radius 3 is 2.71 bits per heavy atom. The van der Waals surface area contributed by atoms with Crippen molar-refractivity contribution in [3.8, 4) is 0 Å². The molecule has 74 valence electrons. The summed E-state index contributed by atoms with van der Waals surface area (Å²) in [5.74, 6) is -0.354. The fraction of sp³-hybridized carbons (Fsp3) is 0.273. The first kappa shape index (κ1) is 10.4. The topological polar surface area (TPSA) is 43.4 Å². The summed E-state index contributed by atoms with van der Waals surface area (Å²) in [6.07, 6.45) is 0.768. The third kappa shape index (κ3) is 2.19. The Balaban J connectivity index is 2.96. The van der Waals surface area contributed by atoms with Crippen LogP contribution in [-0.4, -0.2) is 18.9 Å². The zero-order valence-corrected chi connectivity index (χ0v) is 8.24. The van der Waals surface area contributed by atoms with Crippen LogP contribution in [0, 0.1) is 6.92 Å². The molecule has 0 N–H and O–H groups in total. The van der Waals surface area contributed by atoms with Crippen molar-refractivity contribution in [2.75, 3.05) is 6.61 Å². The molecule has 0 unspecified atom stereocenters. The van der Waals surface area contributed by atoms with Gasteiger partial charge in [0.15, 0.2) is 0 Å². The Hall–Kier alpha value is -1.64. The van der Waals surface area contributed by atoms with Gasteiger partial charge in [-0.25, -0.2) is 4.79 Å². The second-order valence-electron chi connectivity index (χ2n) is 2.91. The summed E-state index contributed by atoms with van der Waals surface area (Å²) in [5, 5.41) is 0. The van der Waals surface area contributed by atoms with Crippen LogP contribution in [0.15, 0.2) is 18.2 Å². The molecule has 0 saturated heterocycles. The summed E-state index contributed by atoms with van der Waals surface area (Å²) in [4.78, 5) is 21.8. The van der Waals surface area contributed by atoms with E-state index in [4.69, 9.17) is 4.74 Å². The smallest absolute Gasteiger partial charge is 0.338 e. The molecule has 0 spiro atoms. The lowest BCUT2D eigenvalue weighted by Gasteiger charge is -2.03. The van der Waals surface area contributed by atoms with E-state index in [1.54, 1.807) is 32.0 Å². The van der Waals surface area contributed by atoms with Crippen LogP contribution in [0.2, 0.25) is 0 Å². The SMILES string of the molecule is CCOC(=O)c1ccc(C=O)c(C)c1. The molecular formula is C11H12O3. The molecule has 0 atom stereocenters. The third-order valence-electron chi connectivity index (χ3n) is 1.91. The maximum atomic E-state index is 11.3. The molecule has 14 heavy (non-hydrogen) atoms. The maximum absolute atomic E-state index is 11.3. The highest BCUT2D eigenvalue weighted by atomic mass is 16.5. The average molecular weight is 192 g/mol. The van der Waals surface area contributed by atoms with Crippen LogP contribution >= 0.6 is 0 Å². The van der Waals surface area contributed by atoms with Gasteiger partial charge in [0.25, 0.3) is 0 Å². The lowest BCUT2D eigenvalue weighted by Crippen LogP contribution is -2.05. The minimum absolute atomic E-state index is 0.354. The van der Waals surface area contributed by atoms with Gasteiger partial charge in [-0.1, -0.05) is 6.07 Å². The molecule has 0 bridgehead atoms. The van der Waals surface area contributed by atoms with Crippen LogP contribution in [0.5, 0.6) is 0 Å². The number of esters is 1. The number of ether oxygens (including phenoxy) is 1. The molecule has 0 aliphatic rings. The summed E-state index contributed by atoms with van der Waals surface area (Å²) in [5.41, 5.74) is 1.86. The fourth-order valence-electron chi connectivity index (χ4n) is 1.15. The lowest BCUT2D eigenvalue weighted by molar-refractivity contribution is 0.0526. The summed E-state index contributed by atoms with van der Waals surface area (Å²) < 4.78 is 4.83. The van der Waals surface area contributed by atoms with E-state index in [2.05, 4.69) is 0 Å². The number of rotatable bonds is 3. The quantitative estimate of drug-likeness (QED) is 0.543. The first-order chi connectivity index (χ1) is 6.69. The van der Waals surface area contributed by atoms with E-state index in [1.165, 1.54) is 0 Å². The highest BCUT2D eigenvalue weighted by Crippen LogP contribution is 2.10. The predicted octanol–water partition coefficient (Wildman–Crippen LogP) is 1.98. The highest BCUT2D eigenvalue weighted by molar-refractivity contribution is 5.91. The van der Waals surface area contributed by atoms with Gasteiger partial charge in [0.1, 0.15) is 6.29 Å². The minimum Gasteiger partial charge on any atom is -0.462 e. The third-order valence-corrected chi connectivity index (χ3v) is 1.91. The molecule has 0 aromatic heterocycles. The Morgan fingerprint density at radius 1 is 1.50 bits per heavy atom. The van der Waals surface area contributed by atoms with E-state index in [0.717, 1.165) is 11.8 Å². The summed E-state index contributed by atoms with van der Waals surface area (Å²) in [6, 6.07) is 4.87. The van der Waals surface area contributed by atoms with Crippen LogP contribution in [0.25, 0.3) is 0 Å². The van der Waals surface area contributed by atoms with E-state index in [-0.39, 0.29) is 5.97 Å². The van der Waals surface area contributed by atoms with Crippen LogP contribution in [-0.2, 0) is 4.74 Å². The number of hydrogen-bond acceptors (Lipinski definition) is 3. The normalized spacial score (nSPS) is 9.57. The molecule has 0 fully saturated rings. The molecule has 1 aromatic carbocycles. The van der Waals surface area contributed by atoms with Gasteiger partial charge in [-0.2, -0.15) is 0 Å². The van der Waals surface area contributed by atoms with Crippen LogP contribution in [0.1, 0.15) is 33.2 Å². The Bertz CT molecular complexity index is 356. The molecule has 0 saturated carbocycles. The number of aldehydes is 1. The van der Waals surface area contributed by atoms with E-state index >= 15 is 0 Å². The second-order valence-corrected chi connectivity index (χ2v) is 2.91. The first-order valence-corrected chi connectivity index (χ1v) is 4.42. The van der Waals surface area contributed by atoms with Gasteiger partial charge in [0, 0.05) is 5.56 Å². The van der Waals surface area contributed by atoms with Gasteiger partial charge in [-0.3, -0.25) is 4.79 Å². The maximum Gasteiger partial charge on any atom is 0.338 e. The molecule has 0 aliphatic heterocycles. The van der Waals surface area contributed by atoms with Gasteiger partial charge >= 0.3 is 5.97 Å². The number of hydrogen-bond donors (Lipinski definition) is 0. The van der Waals surface area contributed by atoms with Crippen LogP contribution in [0.3, 0.4) is 0 Å². The highest BCUT2D eigenvalue weighted by Gasteiger charge is 2.07. The predicted molar refractivity (Wildman–Crippen MR) is 52.5 cm³/mol. The molecule has 3 heteroatoms. The minimum atomic E-state index is -0.354. The van der Waals surface area contributed by atoms with Crippen molar-refractivity contribution in [1.29, 1.82) is 0 Å². The molecule has 1 aromatic rings. The molecular weight excluding hydrogens is 180 g/mol. The van der Waals surface area contributed by atoms with Crippen LogP contribution in [0.4, 0.5) is 0 Å². The van der Waals surface area contributed by atoms with Gasteiger partial charge < -0.3 is 4.74 Å². The van der Waals surface area contributed by atoms with E-state index in [9.17, 15) is 9.59 Å². The standard InChI is InChI=1S/C11H12O3/c1-3-14-11(13)9-4-5-10(7-12)8(2)6-9/h4-7H,3H2,1-2H3. The monoisotopic (exact) mass is 192 g/mol. The van der Waals surface area contributed by atoms with Crippen molar-refractivity contribution in [3.63, 3.8) is 0 Å². The van der Waals surface area contributed by atoms with Gasteiger partial charge in [0.2, 0.25) is 0 Å². The summed E-state index contributed by atoms with van der Waals surface area (Å²) in [6.45, 7) is 3.89.